The number of unbranched alkanes of at least 4 members (excludes halogenated alkanes) is 32. The van der Waals surface area contributed by atoms with Crippen molar-refractivity contribution in [1.82, 2.24) is 0 Å². The van der Waals surface area contributed by atoms with Gasteiger partial charge in [0, 0.05) is 19.3 Å². The average molecular weight is 911 g/mol. The van der Waals surface area contributed by atoms with Crippen molar-refractivity contribution in [3.8, 4) is 0 Å². The van der Waals surface area contributed by atoms with Crippen LogP contribution in [0.15, 0.2) is 48.6 Å². The Bertz CT molecular complexity index is 1140. The van der Waals surface area contributed by atoms with Gasteiger partial charge in [-0.05, 0) is 57.8 Å². The quantitative estimate of drug-likeness (QED) is 0.0262. The van der Waals surface area contributed by atoms with Gasteiger partial charge in [0.2, 0.25) is 0 Å². The van der Waals surface area contributed by atoms with E-state index in [1.165, 1.54) is 154 Å². The Morgan fingerprint density at radius 2 is 0.600 bits per heavy atom. The van der Waals surface area contributed by atoms with Crippen molar-refractivity contribution in [1.29, 1.82) is 0 Å². The maximum Gasteiger partial charge on any atom is 0.306 e. The van der Waals surface area contributed by atoms with E-state index in [2.05, 4.69) is 69.4 Å². The van der Waals surface area contributed by atoms with Crippen molar-refractivity contribution < 1.29 is 28.6 Å². The van der Waals surface area contributed by atoms with Gasteiger partial charge in [0.05, 0.1) is 0 Å². The van der Waals surface area contributed by atoms with Gasteiger partial charge in [-0.25, -0.2) is 0 Å². The molecule has 0 bridgehead atoms. The fourth-order valence-electron chi connectivity index (χ4n) is 8.14. The van der Waals surface area contributed by atoms with Crippen LogP contribution in [0.3, 0.4) is 0 Å². The van der Waals surface area contributed by atoms with Crippen molar-refractivity contribution in [2.45, 2.75) is 297 Å². The number of hydrogen-bond donors (Lipinski definition) is 0. The highest BCUT2D eigenvalue weighted by molar-refractivity contribution is 5.71. The molecular formula is C59H106O6. The Labute approximate surface area is 403 Å². The van der Waals surface area contributed by atoms with E-state index < -0.39 is 6.10 Å². The van der Waals surface area contributed by atoms with Crippen molar-refractivity contribution in [2.24, 2.45) is 0 Å². The zero-order chi connectivity index (χ0) is 47.2. The summed E-state index contributed by atoms with van der Waals surface area (Å²) >= 11 is 0. The van der Waals surface area contributed by atoms with Crippen LogP contribution in [-0.2, 0) is 28.6 Å². The van der Waals surface area contributed by atoms with Gasteiger partial charge in [0.25, 0.3) is 0 Å². The minimum Gasteiger partial charge on any atom is -0.462 e. The molecule has 6 nitrogen and oxygen atoms in total. The summed E-state index contributed by atoms with van der Waals surface area (Å²) in [6.45, 7) is 6.54. The second-order valence-electron chi connectivity index (χ2n) is 18.8. The van der Waals surface area contributed by atoms with Gasteiger partial charge < -0.3 is 14.2 Å². The molecule has 0 saturated carbocycles. The Morgan fingerprint density at radius 3 is 0.938 bits per heavy atom. The second-order valence-corrected chi connectivity index (χ2v) is 18.8. The van der Waals surface area contributed by atoms with E-state index in [1.807, 2.05) is 0 Å². The van der Waals surface area contributed by atoms with E-state index >= 15 is 0 Å². The maximum atomic E-state index is 12.8. The van der Waals surface area contributed by atoms with Gasteiger partial charge in [0.15, 0.2) is 6.10 Å². The first-order valence-corrected chi connectivity index (χ1v) is 28.1. The third kappa shape index (κ3) is 52.2. The molecule has 1 atom stereocenters. The number of carbonyl (C=O) groups excluding carboxylic acids is 3. The normalized spacial score (nSPS) is 12.4. The molecule has 0 aromatic rings. The van der Waals surface area contributed by atoms with Crippen LogP contribution >= 0.6 is 0 Å². The van der Waals surface area contributed by atoms with Gasteiger partial charge in [-0.1, -0.05) is 262 Å². The molecule has 0 aliphatic carbocycles. The summed E-state index contributed by atoms with van der Waals surface area (Å²) in [6, 6.07) is 0. The first-order valence-electron chi connectivity index (χ1n) is 28.1. The Morgan fingerprint density at radius 1 is 0.323 bits per heavy atom. The van der Waals surface area contributed by atoms with Crippen LogP contribution in [0.25, 0.3) is 0 Å². The predicted octanol–water partition coefficient (Wildman–Crippen LogP) is 18.7. The van der Waals surface area contributed by atoms with Crippen molar-refractivity contribution in [3.05, 3.63) is 48.6 Å². The second kappa shape index (κ2) is 54.0. The van der Waals surface area contributed by atoms with Crippen LogP contribution in [0.5, 0.6) is 0 Å². The highest BCUT2D eigenvalue weighted by Gasteiger charge is 2.19. The molecule has 0 radical (unpaired) electrons. The number of ether oxygens (including phenoxy) is 3. The van der Waals surface area contributed by atoms with Gasteiger partial charge >= 0.3 is 17.9 Å². The summed E-state index contributed by atoms with van der Waals surface area (Å²) in [5, 5.41) is 0. The molecule has 0 amide bonds. The van der Waals surface area contributed by atoms with E-state index in [0.29, 0.717) is 19.3 Å². The fourth-order valence-corrected chi connectivity index (χ4v) is 8.14. The summed E-state index contributed by atoms with van der Waals surface area (Å²) < 4.78 is 16.9. The van der Waals surface area contributed by atoms with Crippen LogP contribution in [0.2, 0.25) is 0 Å². The first kappa shape index (κ1) is 62.4. The molecule has 0 N–H and O–H groups in total. The van der Waals surface area contributed by atoms with E-state index in [4.69, 9.17) is 14.2 Å². The summed E-state index contributed by atoms with van der Waals surface area (Å²) in [7, 11) is 0. The molecule has 0 aliphatic rings. The standard InChI is InChI=1S/C59H106O6/c1-4-7-10-13-16-19-22-25-28-29-32-34-37-40-43-46-49-52-58(61)64-55-56(65-59(62)53-50-47-44-41-38-35-31-27-24-21-18-15-12-9-6-3)54-63-57(60)51-48-45-42-39-36-33-30-26-23-20-17-14-11-8-5-2/h7,10,16,19,25,28,32,34,56H,4-6,8-9,11-15,17-18,20-24,26-27,29-31,33,35-55H2,1-3H3/b10-7-,19-16-,28-25-,34-32-/t56-/m0/s1. The lowest BCUT2D eigenvalue weighted by atomic mass is 10.0. The van der Waals surface area contributed by atoms with Crippen molar-refractivity contribution >= 4 is 17.9 Å². The average Bonchev–Trinajstić information content (AvgIpc) is 3.30. The maximum absolute atomic E-state index is 12.8. The molecule has 378 valence electrons. The van der Waals surface area contributed by atoms with Crippen LogP contribution in [-0.4, -0.2) is 37.2 Å². The smallest absolute Gasteiger partial charge is 0.306 e. The number of rotatable bonds is 51. The molecule has 0 aromatic carbocycles. The summed E-state index contributed by atoms with van der Waals surface area (Å²) in [5.41, 5.74) is 0. The monoisotopic (exact) mass is 911 g/mol. The van der Waals surface area contributed by atoms with Crippen molar-refractivity contribution in [2.75, 3.05) is 13.2 Å². The Hall–Kier alpha value is -2.63. The highest BCUT2D eigenvalue weighted by Crippen LogP contribution is 2.16. The molecule has 6 heteroatoms. The number of hydrogen-bond acceptors (Lipinski definition) is 6. The van der Waals surface area contributed by atoms with Gasteiger partial charge in [-0.2, -0.15) is 0 Å². The lowest BCUT2D eigenvalue weighted by molar-refractivity contribution is -0.167. The summed E-state index contributed by atoms with van der Waals surface area (Å²) in [6.07, 6.45) is 65.2. The lowest BCUT2D eigenvalue weighted by Crippen LogP contribution is -2.30. The molecule has 0 fully saturated rings. The summed E-state index contributed by atoms with van der Waals surface area (Å²) in [4.78, 5) is 38.1. The minimum absolute atomic E-state index is 0.0766. The fraction of sp³-hybridized carbons (Fsp3) is 0.814. The zero-order valence-electron chi connectivity index (χ0n) is 43.3. The molecule has 0 saturated heterocycles. The molecule has 0 unspecified atom stereocenters. The molecule has 65 heavy (non-hydrogen) atoms. The van der Waals surface area contributed by atoms with Gasteiger partial charge in [0.1, 0.15) is 13.2 Å². The predicted molar refractivity (Wildman–Crippen MR) is 279 cm³/mol. The third-order valence-corrected chi connectivity index (χ3v) is 12.3. The third-order valence-electron chi connectivity index (χ3n) is 12.3. The van der Waals surface area contributed by atoms with Crippen LogP contribution < -0.4 is 0 Å². The lowest BCUT2D eigenvalue weighted by Gasteiger charge is -2.18. The number of esters is 3. The molecule has 0 aliphatic heterocycles. The summed E-state index contributed by atoms with van der Waals surface area (Å²) in [5.74, 6) is -0.885. The molecular weight excluding hydrogens is 805 g/mol. The van der Waals surface area contributed by atoms with Crippen LogP contribution in [0.1, 0.15) is 290 Å². The molecule has 0 heterocycles. The SMILES string of the molecule is CC/C=C\C/C=C\C/C=C\C/C=C\CCCCCCC(=O)OC[C@H](COC(=O)CCCCCCCCCCCCCCCCC)OC(=O)CCCCCCCCCCCCCCCCC. The Kier molecular flexibility index (Phi) is 51.8. The van der Waals surface area contributed by atoms with Crippen LogP contribution in [0, 0.1) is 0 Å². The van der Waals surface area contributed by atoms with Crippen LogP contribution in [0.4, 0.5) is 0 Å². The van der Waals surface area contributed by atoms with E-state index in [9.17, 15) is 14.4 Å². The van der Waals surface area contributed by atoms with Gasteiger partial charge in [-0.3, -0.25) is 14.4 Å². The molecule has 0 spiro atoms. The molecule has 0 aromatic heterocycles. The van der Waals surface area contributed by atoms with E-state index in [0.717, 1.165) is 96.3 Å². The van der Waals surface area contributed by atoms with E-state index in [1.54, 1.807) is 0 Å². The van der Waals surface area contributed by atoms with Crippen molar-refractivity contribution in [3.63, 3.8) is 0 Å². The highest BCUT2D eigenvalue weighted by atomic mass is 16.6. The Balaban J connectivity index is 4.38. The van der Waals surface area contributed by atoms with E-state index in [-0.39, 0.29) is 31.1 Å². The number of carbonyl (C=O) groups is 3. The van der Waals surface area contributed by atoms with Gasteiger partial charge in [-0.15, -0.1) is 0 Å². The first-order chi connectivity index (χ1) is 32.0. The minimum atomic E-state index is -0.779. The zero-order valence-corrected chi connectivity index (χ0v) is 43.3. The topological polar surface area (TPSA) is 78.9 Å². The molecule has 0 rings (SSSR count). The largest absolute Gasteiger partial charge is 0.462 e. The number of allylic oxidation sites excluding steroid dienone is 8.